The van der Waals surface area contributed by atoms with E-state index in [1.165, 1.54) is 10.7 Å². The SMILES string of the molecule is Cc1cc(C(=O)N(CCN)CC(F)(F)F)nn1C. The summed E-state index contributed by atoms with van der Waals surface area (Å²) in [5.41, 5.74) is 5.90. The summed E-state index contributed by atoms with van der Waals surface area (Å²) in [4.78, 5) is 12.5. The molecule has 102 valence electrons. The summed E-state index contributed by atoms with van der Waals surface area (Å²) in [6.07, 6.45) is -4.45. The van der Waals surface area contributed by atoms with Crippen LogP contribution in [0.4, 0.5) is 13.2 Å². The molecule has 8 heteroatoms. The van der Waals surface area contributed by atoms with Crippen molar-refractivity contribution >= 4 is 5.91 Å². The Morgan fingerprint density at radius 2 is 2.17 bits per heavy atom. The van der Waals surface area contributed by atoms with Gasteiger partial charge in [0.2, 0.25) is 0 Å². The van der Waals surface area contributed by atoms with Gasteiger partial charge in [-0.25, -0.2) is 0 Å². The van der Waals surface area contributed by atoms with Gasteiger partial charge in [-0.2, -0.15) is 18.3 Å². The standard InChI is InChI=1S/C10H15F3N4O/c1-7-5-8(15-16(7)2)9(18)17(4-3-14)6-10(11,12)13/h5H,3-4,6,14H2,1-2H3. The molecule has 1 aromatic rings. The van der Waals surface area contributed by atoms with Gasteiger partial charge in [-0.1, -0.05) is 0 Å². The number of rotatable bonds is 4. The van der Waals surface area contributed by atoms with E-state index in [1.807, 2.05) is 0 Å². The lowest BCUT2D eigenvalue weighted by Gasteiger charge is -2.22. The topological polar surface area (TPSA) is 64.2 Å². The number of carbonyl (C=O) groups excluding carboxylic acids is 1. The molecule has 5 nitrogen and oxygen atoms in total. The van der Waals surface area contributed by atoms with Gasteiger partial charge in [0.05, 0.1) is 0 Å². The van der Waals surface area contributed by atoms with E-state index in [4.69, 9.17) is 5.73 Å². The van der Waals surface area contributed by atoms with Gasteiger partial charge >= 0.3 is 6.18 Å². The quantitative estimate of drug-likeness (QED) is 0.870. The average molecular weight is 264 g/mol. The van der Waals surface area contributed by atoms with E-state index in [0.29, 0.717) is 10.6 Å². The fourth-order valence-electron chi connectivity index (χ4n) is 1.45. The van der Waals surface area contributed by atoms with Crippen LogP contribution in [0.25, 0.3) is 0 Å². The molecule has 0 radical (unpaired) electrons. The highest BCUT2D eigenvalue weighted by Gasteiger charge is 2.33. The molecular weight excluding hydrogens is 249 g/mol. The molecule has 0 aromatic carbocycles. The first-order chi connectivity index (χ1) is 8.24. The smallest absolute Gasteiger partial charge is 0.329 e. The van der Waals surface area contributed by atoms with Crippen molar-refractivity contribution in [3.63, 3.8) is 0 Å². The highest BCUT2D eigenvalue weighted by molar-refractivity contribution is 5.92. The number of halogens is 3. The predicted molar refractivity (Wildman–Crippen MR) is 59.0 cm³/mol. The van der Waals surface area contributed by atoms with Crippen LogP contribution in [0.3, 0.4) is 0 Å². The van der Waals surface area contributed by atoms with Gasteiger partial charge < -0.3 is 10.6 Å². The summed E-state index contributed by atoms with van der Waals surface area (Å²) < 4.78 is 38.4. The number of carbonyl (C=O) groups is 1. The zero-order chi connectivity index (χ0) is 13.9. The van der Waals surface area contributed by atoms with Crippen LogP contribution < -0.4 is 5.73 Å². The summed E-state index contributed by atoms with van der Waals surface area (Å²) in [5.74, 6) is -0.763. The molecule has 0 spiro atoms. The van der Waals surface area contributed by atoms with E-state index < -0.39 is 18.6 Å². The second-order valence-electron chi connectivity index (χ2n) is 3.93. The lowest BCUT2D eigenvalue weighted by atomic mass is 10.3. The first kappa shape index (κ1) is 14.5. The third-order valence-electron chi connectivity index (χ3n) is 2.39. The van der Waals surface area contributed by atoms with Gasteiger partial charge in [-0.05, 0) is 13.0 Å². The molecule has 0 fully saturated rings. The molecule has 0 aliphatic carbocycles. The van der Waals surface area contributed by atoms with Crippen molar-refractivity contribution in [2.75, 3.05) is 19.6 Å². The lowest BCUT2D eigenvalue weighted by molar-refractivity contribution is -0.140. The molecule has 0 saturated heterocycles. The molecule has 1 amide bonds. The summed E-state index contributed by atoms with van der Waals surface area (Å²) in [5, 5.41) is 3.86. The summed E-state index contributed by atoms with van der Waals surface area (Å²) in [6.45, 7) is 0.196. The van der Waals surface area contributed by atoms with Crippen LogP contribution in [0, 0.1) is 6.92 Å². The number of amides is 1. The Hall–Kier alpha value is -1.57. The Labute approximate surface area is 102 Å². The van der Waals surface area contributed by atoms with E-state index in [0.717, 1.165) is 0 Å². The lowest BCUT2D eigenvalue weighted by Crippen LogP contribution is -2.42. The van der Waals surface area contributed by atoms with Crippen molar-refractivity contribution < 1.29 is 18.0 Å². The van der Waals surface area contributed by atoms with Crippen LogP contribution in [0.15, 0.2) is 6.07 Å². The average Bonchev–Trinajstić information content (AvgIpc) is 2.56. The van der Waals surface area contributed by atoms with Crippen LogP contribution in [0.5, 0.6) is 0 Å². The van der Waals surface area contributed by atoms with Gasteiger partial charge in [-0.15, -0.1) is 0 Å². The van der Waals surface area contributed by atoms with E-state index in [2.05, 4.69) is 5.10 Å². The maximum Gasteiger partial charge on any atom is 0.406 e. The van der Waals surface area contributed by atoms with Crippen molar-refractivity contribution in [2.45, 2.75) is 13.1 Å². The predicted octanol–water partition coefficient (Wildman–Crippen LogP) is 0.692. The fraction of sp³-hybridized carbons (Fsp3) is 0.600. The minimum absolute atomic E-state index is 0.00676. The number of nitrogens with two attached hydrogens (primary N) is 1. The molecule has 2 N–H and O–H groups in total. The van der Waals surface area contributed by atoms with Crippen LogP contribution in [0.1, 0.15) is 16.2 Å². The maximum absolute atomic E-state index is 12.3. The van der Waals surface area contributed by atoms with Crippen LogP contribution >= 0.6 is 0 Å². The van der Waals surface area contributed by atoms with Gasteiger partial charge in [0.25, 0.3) is 5.91 Å². The van der Waals surface area contributed by atoms with Crippen molar-refractivity contribution in [3.8, 4) is 0 Å². The number of alkyl halides is 3. The minimum atomic E-state index is -4.45. The fourth-order valence-corrected chi connectivity index (χ4v) is 1.45. The normalized spacial score (nSPS) is 11.7. The van der Waals surface area contributed by atoms with E-state index in [1.54, 1.807) is 14.0 Å². The molecule has 0 atom stereocenters. The van der Waals surface area contributed by atoms with Crippen molar-refractivity contribution in [2.24, 2.45) is 12.8 Å². The molecule has 0 bridgehead atoms. The molecule has 0 unspecified atom stereocenters. The largest absolute Gasteiger partial charge is 0.406 e. The van der Waals surface area contributed by atoms with Crippen LogP contribution in [-0.2, 0) is 7.05 Å². The molecular formula is C10H15F3N4O. The molecule has 0 saturated carbocycles. The van der Waals surface area contributed by atoms with Gasteiger partial charge in [-0.3, -0.25) is 9.48 Å². The Bertz CT molecular complexity index is 408. The van der Waals surface area contributed by atoms with Gasteiger partial charge in [0.1, 0.15) is 6.54 Å². The Morgan fingerprint density at radius 3 is 2.56 bits per heavy atom. The first-order valence-corrected chi connectivity index (χ1v) is 5.31. The summed E-state index contributed by atoms with van der Waals surface area (Å²) >= 11 is 0. The molecule has 0 aliphatic rings. The van der Waals surface area contributed by atoms with Crippen LogP contribution in [-0.4, -0.2) is 46.4 Å². The maximum atomic E-state index is 12.3. The monoisotopic (exact) mass is 264 g/mol. The summed E-state index contributed by atoms with van der Waals surface area (Å²) in [7, 11) is 1.61. The Morgan fingerprint density at radius 1 is 1.56 bits per heavy atom. The highest BCUT2D eigenvalue weighted by atomic mass is 19.4. The number of nitrogens with zero attached hydrogens (tertiary/aromatic N) is 3. The number of hydrogen-bond acceptors (Lipinski definition) is 3. The van der Waals surface area contributed by atoms with Crippen LogP contribution in [0.2, 0.25) is 0 Å². The zero-order valence-corrected chi connectivity index (χ0v) is 10.2. The number of hydrogen-bond donors (Lipinski definition) is 1. The van der Waals surface area contributed by atoms with E-state index in [9.17, 15) is 18.0 Å². The Kier molecular flexibility index (Phi) is 4.33. The minimum Gasteiger partial charge on any atom is -0.329 e. The second kappa shape index (κ2) is 5.38. The zero-order valence-electron chi connectivity index (χ0n) is 10.2. The summed E-state index contributed by atoms with van der Waals surface area (Å²) in [6, 6.07) is 1.45. The molecule has 1 rings (SSSR count). The molecule has 0 aliphatic heterocycles. The highest BCUT2D eigenvalue weighted by Crippen LogP contribution is 2.17. The van der Waals surface area contributed by atoms with Gasteiger partial charge in [0.15, 0.2) is 5.69 Å². The number of aryl methyl sites for hydroxylation is 2. The first-order valence-electron chi connectivity index (χ1n) is 5.31. The van der Waals surface area contributed by atoms with Gasteiger partial charge in [0, 0.05) is 25.8 Å². The number of aromatic nitrogens is 2. The third-order valence-corrected chi connectivity index (χ3v) is 2.39. The van der Waals surface area contributed by atoms with Crippen molar-refractivity contribution in [3.05, 3.63) is 17.5 Å². The van der Waals surface area contributed by atoms with E-state index >= 15 is 0 Å². The van der Waals surface area contributed by atoms with Crippen molar-refractivity contribution in [1.82, 2.24) is 14.7 Å². The van der Waals surface area contributed by atoms with E-state index in [-0.39, 0.29) is 18.8 Å². The third kappa shape index (κ3) is 3.73. The van der Waals surface area contributed by atoms with Crippen molar-refractivity contribution in [1.29, 1.82) is 0 Å². The molecule has 1 heterocycles. The second-order valence-corrected chi connectivity index (χ2v) is 3.93. The molecule has 1 aromatic heterocycles. The molecule has 18 heavy (non-hydrogen) atoms. The Balaban J connectivity index is 2.88.